The van der Waals surface area contributed by atoms with E-state index in [4.69, 9.17) is 16.7 Å². The smallest absolute Gasteiger partial charge is 0.335 e. The van der Waals surface area contributed by atoms with Crippen molar-refractivity contribution in [3.8, 4) is 5.69 Å². The van der Waals surface area contributed by atoms with Crippen LogP contribution < -0.4 is 5.43 Å². The van der Waals surface area contributed by atoms with Crippen LogP contribution in [0.2, 0.25) is 5.15 Å². The third-order valence-corrected chi connectivity index (χ3v) is 3.98. The summed E-state index contributed by atoms with van der Waals surface area (Å²) in [7, 11) is 0. The van der Waals surface area contributed by atoms with Gasteiger partial charge in [0.05, 0.1) is 34.4 Å². The molecule has 2 aromatic carbocycles. The highest BCUT2D eigenvalue weighted by atomic mass is 35.5. The molecule has 0 amide bonds. The first-order chi connectivity index (χ1) is 12.5. The van der Waals surface area contributed by atoms with E-state index in [9.17, 15) is 9.18 Å². The van der Waals surface area contributed by atoms with Crippen LogP contribution in [-0.2, 0) is 0 Å². The van der Waals surface area contributed by atoms with Crippen molar-refractivity contribution in [2.24, 2.45) is 5.10 Å². The van der Waals surface area contributed by atoms with Crippen molar-refractivity contribution in [1.29, 1.82) is 0 Å². The maximum absolute atomic E-state index is 13.1. The number of carbonyl (C=O) groups is 1. The van der Waals surface area contributed by atoms with Crippen molar-refractivity contribution in [2.75, 3.05) is 5.43 Å². The summed E-state index contributed by atoms with van der Waals surface area (Å²) in [6.45, 7) is 1.78. The van der Waals surface area contributed by atoms with Gasteiger partial charge in [0, 0.05) is 0 Å². The van der Waals surface area contributed by atoms with Gasteiger partial charge in [-0.05, 0) is 49.4 Å². The largest absolute Gasteiger partial charge is 0.478 e. The lowest BCUT2D eigenvalue weighted by Gasteiger charge is -2.03. The van der Waals surface area contributed by atoms with Crippen molar-refractivity contribution in [1.82, 2.24) is 9.78 Å². The van der Waals surface area contributed by atoms with Gasteiger partial charge < -0.3 is 5.11 Å². The molecule has 0 saturated carbocycles. The average molecular weight is 373 g/mol. The Kier molecular flexibility index (Phi) is 4.99. The van der Waals surface area contributed by atoms with Crippen LogP contribution >= 0.6 is 11.6 Å². The number of nitrogens with zero attached hydrogens (tertiary/aromatic N) is 3. The van der Waals surface area contributed by atoms with Crippen LogP contribution in [-0.4, -0.2) is 27.1 Å². The van der Waals surface area contributed by atoms with Crippen LogP contribution in [0.3, 0.4) is 0 Å². The molecule has 0 bridgehead atoms. The fourth-order valence-electron chi connectivity index (χ4n) is 2.30. The van der Waals surface area contributed by atoms with E-state index >= 15 is 0 Å². The molecule has 132 valence electrons. The summed E-state index contributed by atoms with van der Waals surface area (Å²) in [5, 5.41) is 17.8. The summed E-state index contributed by atoms with van der Waals surface area (Å²) < 4.78 is 14.6. The predicted octanol–water partition coefficient (Wildman–Crippen LogP) is 4.12. The molecule has 0 fully saturated rings. The molecule has 2 N–H and O–H groups in total. The molecule has 0 aliphatic rings. The first-order valence-electron chi connectivity index (χ1n) is 7.59. The summed E-state index contributed by atoms with van der Waals surface area (Å²) in [4.78, 5) is 11.0. The maximum atomic E-state index is 13.1. The van der Waals surface area contributed by atoms with Crippen molar-refractivity contribution in [3.63, 3.8) is 0 Å². The van der Waals surface area contributed by atoms with Crippen LogP contribution in [0.1, 0.15) is 21.6 Å². The van der Waals surface area contributed by atoms with Crippen molar-refractivity contribution in [2.45, 2.75) is 6.92 Å². The Morgan fingerprint density at radius 3 is 2.73 bits per heavy atom. The molecule has 0 saturated heterocycles. The van der Waals surface area contributed by atoms with Crippen molar-refractivity contribution >= 4 is 29.5 Å². The monoisotopic (exact) mass is 372 g/mol. The Labute approximate surface area is 153 Å². The van der Waals surface area contributed by atoms with Crippen LogP contribution in [0.5, 0.6) is 0 Å². The fraction of sp³-hybridized carbons (Fsp3) is 0.0556. The van der Waals surface area contributed by atoms with E-state index in [1.165, 1.54) is 35.2 Å². The lowest BCUT2D eigenvalue weighted by atomic mass is 10.2. The van der Waals surface area contributed by atoms with Crippen LogP contribution in [0.25, 0.3) is 5.69 Å². The van der Waals surface area contributed by atoms with Crippen LogP contribution in [0, 0.1) is 12.7 Å². The Morgan fingerprint density at radius 1 is 1.31 bits per heavy atom. The van der Waals surface area contributed by atoms with Gasteiger partial charge >= 0.3 is 5.97 Å². The number of rotatable bonds is 5. The number of hydrogen-bond donors (Lipinski definition) is 2. The predicted molar refractivity (Wildman–Crippen MR) is 97.9 cm³/mol. The van der Waals surface area contributed by atoms with Gasteiger partial charge in [-0.2, -0.15) is 10.2 Å². The number of halogens is 2. The molecule has 6 nitrogen and oxygen atoms in total. The number of benzene rings is 2. The van der Waals surface area contributed by atoms with E-state index in [1.54, 1.807) is 31.2 Å². The van der Waals surface area contributed by atoms with Gasteiger partial charge in [-0.3, -0.25) is 5.43 Å². The molecule has 1 aromatic heterocycles. The molecule has 1 heterocycles. The number of anilines is 1. The van der Waals surface area contributed by atoms with Gasteiger partial charge in [0.15, 0.2) is 0 Å². The second-order valence-corrected chi connectivity index (χ2v) is 5.79. The lowest BCUT2D eigenvalue weighted by Crippen LogP contribution is -1.98. The van der Waals surface area contributed by atoms with Gasteiger partial charge in [0.2, 0.25) is 0 Å². The quantitative estimate of drug-likeness (QED) is 0.521. The second kappa shape index (κ2) is 7.37. The summed E-state index contributed by atoms with van der Waals surface area (Å²) in [5.41, 5.74) is 5.31. The second-order valence-electron chi connectivity index (χ2n) is 5.43. The van der Waals surface area contributed by atoms with Gasteiger partial charge in [-0.25, -0.2) is 13.9 Å². The summed E-state index contributed by atoms with van der Waals surface area (Å²) in [6.07, 6.45) is 1.50. The maximum Gasteiger partial charge on any atom is 0.335 e. The highest BCUT2D eigenvalue weighted by molar-refractivity contribution is 6.32. The first-order valence-corrected chi connectivity index (χ1v) is 7.97. The molecule has 0 unspecified atom stereocenters. The third kappa shape index (κ3) is 3.73. The molecule has 0 aliphatic carbocycles. The standard InChI is InChI=1S/C18H14ClFN4O2/c1-11-16(10-21-22-14-4-2-3-12(9-14)18(25)26)17(19)24(23-11)15-7-5-13(20)6-8-15/h2-10,22H,1H3,(H,25,26)/b21-10+. The van der Waals surface area contributed by atoms with E-state index in [1.807, 2.05) is 0 Å². The van der Waals surface area contributed by atoms with Gasteiger partial charge in [-0.1, -0.05) is 17.7 Å². The molecule has 8 heteroatoms. The molecular formula is C18H14ClFN4O2. The number of nitrogens with one attached hydrogen (secondary N) is 1. The number of aromatic carboxylic acids is 1. The minimum atomic E-state index is -1.02. The van der Waals surface area contributed by atoms with Gasteiger partial charge in [0.1, 0.15) is 11.0 Å². The number of aromatic nitrogens is 2. The number of carboxylic acids is 1. The molecule has 3 rings (SSSR count). The number of aryl methyl sites for hydroxylation is 1. The molecule has 26 heavy (non-hydrogen) atoms. The van der Waals surface area contributed by atoms with Crippen molar-refractivity contribution < 1.29 is 14.3 Å². The molecule has 0 radical (unpaired) electrons. The molecule has 0 atom stereocenters. The molecule has 3 aromatic rings. The highest BCUT2D eigenvalue weighted by Gasteiger charge is 2.13. The minimum Gasteiger partial charge on any atom is -0.478 e. The van der Waals surface area contributed by atoms with E-state index in [-0.39, 0.29) is 11.4 Å². The third-order valence-electron chi connectivity index (χ3n) is 3.62. The van der Waals surface area contributed by atoms with Crippen LogP contribution in [0.15, 0.2) is 53.6 Å². The number of hydrogen-bond acceptors (Lipinski definition) is 4. The summed E-state index contributed by atoms with van der Waals surface area (Å²) in [6, 6.07) is 12.1. The average Bonchev–Trinajstić information content (AvgIpc) is 2.91. The highest BCUT2D eigenvalue weighted by Crippen LogP contribution is 2.22. The van der Waals surface area contributed by atoms with Gasteiger partial charge in [-0.15, -0.1) is 0 Å². The fourth-order valence-corrected chi connectivity index (χ4v) is 2.63. The number of carboxylic acid groups (broad SMARTS) is 1. The zero-order valence-corrected chi connectivity index (χ0v) is 14.4. The normalized spacial score (nSPS) is 11.0. The molecule has 0 aliphatic heterocycles. The van der Waals surface area contributed by atoms with E-state index in [2.05, 4.69) is 15.6 Å². The zero-order valence-electron chi connectivity index (χ0n) is 13.6. The number of hydrazone groups is 1. The summed E-state index contributed by atoms with van der Waals surface area (Å²) in [5.74, 6) is -1.36. The SMILES string of the molecule is Cc1nn(-c2ccc(F)cc2)c(Cl)c1/C=N/Nc1cccc(C(=O)O)c1. The summed E-state index contributed by atoms with van der Waals surface area (Å²) >= 11 is 6.36. The van der Waals surface area contributed by atoms with Crippen LogP contribution in [0.4, 0.5) is 10.1 Å². The first kappa shape index (κ1) is 17.6. The molecular weight excluding hydrogens is 359 g/mol. The Bertz CT molecular complexity index is 983. The zero-order chi connectivity index (χ0) is 18.7. The lowest BCUT2D eigenvalue weighted by molar-refractivity contribution is 0.0697. The minimum absolute atomic E-state index is 0.156. The van der Waals surface area contributed by atoms with Gasteiger partial charge in [0.25, 0.3) is 0 Å². The Balaban J connectivity index is 1.82. The molecule has 0 spiro atoms. The van der Waals surface area contributed by atoms with Crippen molar-refractivity contribution in [3.05, 3.63) is 76.3 Å². The van der Waals surface area contributed by atoms with E-state index in [0.29, 0.717) is 27.8 Å². The Morgan fingerprint density at radius 2 is 2.04 bits per heavy atom. The van der Waals surface area contributed by atoms with E-state index < -0.39 is 5.97 Å². The van der Waals surface area contributed by atoms with E-state index in [0.717, 1.165) is 0 Å². The topological polar surface area (TPSA) is 79.5 Å². The Hall–Kier alpha value is -3.19.